The van der Waals surface area contributed by atoms with Crippen molar-refractivity contribution in [2.24, 2.45) is 0 Å². The summed E-state index contributed by atoms with van der Waals surface area (Å²) in [5.41, 5.74) is 2.01. The van der Waals surface area contributed by atoms with Crippen molar-refractivity contribution in [2.45, 2.75) is 32.3 Å². The van der Waals surface area contributed by atoms with E-state index in [1.807, 2.05) is 6.92 Å². The number of methoxy groups -OCH3 is 1. The maximum absolute atomic E-state index is 12.8. The first kappa shape index (κ1) is 18.8. The molecule has 27 heavy (non-hydrogen) atoms. The Morgan fingerprint density at radius 1 is 1.15 bits per heavy atom. The van der Waals surface area contributed by atoms with Gasteiger partial charge < -0.3 is 14.4 Å². The molecule has 2 heterocycles. The largest absolute Gasteiger partial charge is 0.465 e. The van der Waals surface area contributed by atoms with E-state index in [9.17, 15) is 9.59 Å². The van der Waals surface area contributed by atoms with E-state index in [2.05, 4.69) is 14.7 Å². The number of ether oxygens (including phenoxy) is 2. The smallest absolute Gasteiger partial charge is 0.337 e. The molecule has 1 amide bonds. The Morgan fingerprint density at radius 2 is 1.81 bits per heavy atom. The Bertz CT molecular complexity index is 790. The lowest BCUT2D eigenvalue weighted by atomic mass is 10.1. The number of hydrogen-bond acceptors (Lipinski definition) is 6. The third-order valence-corrected chi connectivity index (χ3v) is 4.58. The van der Waals surface area contributed by atoms with Gasteiger partial charge in [-0.1, -0.05) is 6.92 Å². The molecule has 2 aromatic rings. The molecule has 0 radical (unpaired) electrons. The quantitative estimate of drug-likeness (QED) is 0.753. The highest BCUT2D eigenvalue weighted by molar-refractivity contribution is 5.96. The van der Waals surface area contributed by atoms with Gasteiger partial charge in [-0.15, -0.1) is 0 Å². The van der Waals surface area contributed by atoms with Crippen molar-refractivity contribution >= 4 is 11.9 Å². The van der Waals surface area contributed by atoms with E-state index in [1.54, 1.807) is 41.6 Å². The first-order valence-corrected chi connectivity index (χ1v) is 9.06. The van der Waals surface area contributed by atoms with E-state index in [4.69, 9.17) is 4.74 Å². The predicted octanol–water partition coefficient (Wildman–Crippen LogP) is 2.51. The third-order valence-electron chi connectivity index (χ3n) is 4.58. The minimum absolute atomic E-state index is 0.0815. The van der Waals surface area contributed by atoms with E-state index in [-0.39, 0.29) is 12.0 Å². The number of carbonyl (C=O) groups excluding carboxylic acids is 2. The van der Waals surface area contributed by atoms with Gasteiger partial charge in [-0.3, -0.25) is 4.79 Å². The Balaban J connectivity index is 1.62. The summed E-state index contributed by atoms with van der Waals surface area (Å²) in [7, 11) is 1.33. The SMILES string of the molecule is CCc1cnc(OC2CCCN(C(=O)c3ccc(C(=O)OC)cc3)C2)nc1. The van der Waals surface area contributed by atoms with E-state index >= 15 is 0 Å². The van der Waals surface area contributed by atoms with Crippen LogP contribution in [0, 0.1) is 0 Å². The molecular weight excluding hydrogens is 346 g/mol. The fourth-order valence-corrected chi connectivity index (χ4v) is 3.00. The average molecular weight is 369 g/mol. The number of benzene rings is 1. The molecular formula is C20H23N3O4. The van der Waals surface area contributed by atoms with Gasteiger partial charge in [0.15, 0.2) is 0 Å². The molecule has 1 aliphatic heterocycles. The Labute approximate surface area is 158 Å². The van der Waals surface area contributed by atoms with Crippen molar-refractivity contribution in [1.29, 1.82) is 0 Å². The molecule has 0 N–H and O–H groups in total. The number of likely N-dealkylation sites (tertiary alicyclic amines) is 1. The lowest BCUT2D eigenvalue weighted by Crippen LogP contribution is -2.44. The van der Waals surface area contributed by atoms with Gasteiger partial charge in [-0.25, -0.2) is 14.8 Å². The molecule has 1 aromatic carbocycles. The standard InChI is InChI=1S/C20H23N3O4/c1-3-14-11-21-20(22-12-14)27-17-5-4-10-23(13-17)18(24)15-6-8-16(9-7-15)19(25)26-2/h6-9,11-12,17H,3-5,10,13H2,1-2H3. The fourth-order valence-electron chi connectivity index (χ4n) is 3.00. The molecule has 3 rings (SSSR count). The van der Waals surface area contributed by atoms with Crippen molar-refractivity contribution in [3.05, 3.63) is 53.3 Å². The van der Waals surface area contributed by atoms with Crippen LogP contribution in [-0.2, 0) is 11.2 Å². The van der Waals surface area contributed by atoms with E-state index in [0.29, 0.717) is 30.2 Å². The second-order valence-corrected chi connectivity index (χ2v) is 6.43. The summed E-state index contributed by atoms with van der Waals surface area (Å²) in [4.78, 5) is 34.5. The van der Waals surface area contributed by atoms with Gasteiger partial charge >= 0.3 is 12.0 Å². The van der Waals surface area contributed by atoms with Gasteiger partial charge in [-0.2, -0.15) is 0 Å². The lowest BCUT2D eigenvalue weighted by Gasteiger charge is -2.32. The zero-order valence-corrected chi connectivity index (χ0v) is 15.6. The molecule has 0 spiro atoms. The van der Waals surface area contributed by atoms with Crippen LogP contribution in [0.3, 0.4) is 0 Å². The Morgan fingerprint density at radius 3 is 2.44 bits per heavy atom. The second kappa shape index (κ2) is 8.62. The minimum atomic E-state index is -0.422. The number of esters is 1. The fraction of sp³-hybridized carbons (Fsp3) is 0.400. The van der Waals surface area contributed by atoms with Crippen LogP contribution in [0.2, 0.25) is 0 Å². The number of aromatic nitrogens is 2. The van der Waals surface area contributed by atoms with Crippen LogP contribution >= 0.6 is 0 Å². The average Bonchev–Trinajstić information content (AvgIpc) is 2.73. The molecule has 1 aliphatic rings. The molecule has 0 aliphatic carbocycles. The molecule has 1 fully saturated rings. The molecule has 7 nitrogen and oxygen atoms in total. The van der Waals surface area contributed by atoms with Crippen LogP contribution < -0.4 is 4.74 Å². The predicted molar refractivity (Wildman–Crippen MR) is 98.7 cm³/mol. The van der Waals surface area contributed by atoms with Crippen LogP contribution in [0.15, 0.2) is 36.7 Å². The first-order valence-electron chi connectivity index (χ1n) is 9.06. The maximum Gasteiger partial charge on any atom is 0.337 e. The summed E-state index contributed by atoms with van der Waals surface area (Å²) in [5, 5.41) is 0. The highest BCUT2D eigenvalue weighted by Crippen LogP contribution is 2.18. The van der Waals surface area contributed by atoms with Gasteiger partial charge in [0, 0.05) is 24.5 Å². The number of amides is 1. The zero-order chi connectivity index (χ0) is 19.2. The Kier molecular flexibility index (Phi) is 6.01. The van der Waals surface area contributed by atoms with Crippen LogP contribution in [0.5, 0.6) is 6.01 Å². The van der Waals surface area contributed by atoms with E-state index < -0.39 is 5.97 Å². The monoisotopic (exact) mass is 369 g/mol. The van der Waals surface area contributed by atoms with Crippen LogP contribution in [0.4, 0.5) is 0 Å². The molecule has 1 unspecified atom stereocenters. The van der Waals surface area contributed by atoms with Crippen molar-refractivity contribution in [3.63, 3.8) is 0 Å². The number of rotatable bonds is 5. The summed E-state index contributed by atoms with van der Waals surface area (Å²) in [6.45, 7) is 3.20. The molecule has 1 saturated heterocycles. The third kappa shape index (κ3) is 4.61. The molecule has 7 heteroatoms. The van der Waals surface area contributed by atoms with Crippen molar-refractivity contribution in [2.75, 3.05) is 20.2 Å². The summed E-state index contributed by atoms with van der Waals surface area (Å²) in [6.07, 6.45) is 5.96. The van der Waals surface area contributed by atoms with Crippen molar-refractivity contribution in [1.82, 2.24) is 14.9 Å². The van der Waals surface area contributed by atoms with Gasteiger partial charge in [-0.05, 0) is 49.1 Å². The maximum atomic E-state index is 12.8. The number of carbonyl (C=O) groups is 2. The number of aryl methyl sites for hydroxylation is 1. The van der Waals surface area contributed by atoms with E-state index in [1.165, 1.54) is 7.11 Å². The van der Waals surface area contributed by atoms with Gasteiger partial charge in [0.2, 0.25) is 0 Å². The van der Waals surface area contributed by atoms with E-state index in [0.717, 1.165) is 24.8 Å². The van der Waals surface area contributed by atoms with Gasteiger partial charge in [0.1, 0.15) is 6.10 Å². The molecule has 0 bridgehead atoms. The lowest BCUT2D eigenvalue weighted by molar-refractivity contribution is 0.0514. The highest BCUT2D eigenvalue weighted by atomic mass is 16.5. The number of hydrogen-bond donors (Lipinski definition) is 0. The van der Waals surface area contributed by atoms with Crippen molar-refractivity contribution in [3.8, 4) is 6.01 Å². The first-order chi connectivity index (χ1) is 13.1. The molecule has 1 atom stereocenters. The number of nitrogens with zero attached hydrogens (tertiary/aromatic N) is 3. The molecule has 1 aromatic heterocycles. The second-order valence-electron chi connectivity index (χ2n) is 6.43. The summed E-state index contributed by atoms with van der Waals surface area (Å²) < 4.78 is 10.5. The van der Waals surface area contributed by atoms with Crippen molar-refractivity contribution < 1.29 is 19.1 Å². The summed E-state index contributed by atoms with van der Waals surface area (Å²) >= 11 is 0. The summed E-state index contributed by atoms with van der Waals surface area (Å²) in [6, 6.07) is 6.83. The Hall–Kier alpha value is -2.96. The van der Waals surface area contributed by atoms with Crippen LogP contribution in [0.1, 0.15) is 46.0 Å². The minimum Gasteiger partial charge on any atom is -0.465 e. The number of piperidine rings is 1. The zero-order valence-electron chi connectivity index (χ0n) is 15.6. The normalized spacial score (nSPS) is 16.7. The molecule has 142 valence electrons. The van der Waals surface area contributed by atoms with Gasteiger partial charge in [0.25, 0.3) is 5.91 Å². The topological polar surface area (TPSA) is 81.6 Å². The van der Waals surface area contributed by atoms with Crippen LogP contribution in [-0.4, -0.2) is 53.0 Å². The highest BCUT2D eigenvalue weighted by Gasteiger charge is 2.26. The van der Waals surface area contributed by atoms with Gasteiger partial charge in [0.05, 0.1) is 19.2 Å². The van der Waals surface area contributed by atoms with Crippen LogP contribution in [0.25, 0.3) is 0 Å². The summed E-state index contributed by atoms with van der Waals surface area (Å²) in [5.74, 6) is -0.503. The molecule has 0 saturated carbocycles.